The van der Waals surface area contributed by atoms with Crippen LogP contribution >= 0.6 is 0 Å². The maximum atomic E-state index is 9.41. The first kappa shape index (κ1) is 11.6. The van der Waals surface area contributed by atoms with Crippen LogP contribution in [0.15, 0.2) is 11.6 Å². The smallest absolute Gasteiger partial charge is 0.171 e. The summed E-state index contributed by atoms with van der Waals surface area (Å²) in [6.07, 6.45) is 8.25. The van der Waals surface area contributed by atoms with Gasteiger partial charge in [-0.3, -0.25) is 0 Å². The fraction of sp³-hybridized carbons (Fsp3) is 0.769. The van der Waals surface area contributed by atoms with Crippen LogP contribution < -0.4 is 0 Å². The van der Waals surface area contributed by atoms with Crippen molar-refractivity contribution in [2.24, 2.45) is 5.41 Å². The minimum absolute atomic E-state index is 0.313. The summed E-state index contributed by atoms with van der Waals surface area (Å²) in [5.74, 6) is -0.520. The Hall–Kier alpha value is -0.850. The summed E-state index contributed by atoms with van der Waals surface area (Å²) >= 11 is 0. The van der Waals surface area contributed by atoms with Gasteiger partial charge in [-0.25, -0.2) is 0 Å². The average Bonchev–Trinajstić information content (AvgIpc) is 2.31. The van der Waals surface area contributed by atoms with Crippen LogP contribution in [0.2, 0.25) is 0 Å². The predicted molar refractivity (Wildman–Crippen MR) is 60.6 cm³/mol. The van der Waals surface area contributed by atoms with Gasteiger partial charge in [0.2, 0.25) is 0 Å². The lowest BCUT2D eigenvalue weighted by Gasteiger charge is -2.51. The molecular formula is C13H19NO2. The first-order valence-electron chi connectivity index (χ1n) is 5.91. The van der Waals surface area contributed by atoms with E-state index < -0.39 is 5.79 Å². The molecule has 88 valence electrons. The highest BCUT2D eigenvalue weighted by atomic mass is 16.7. The molecule has 0 N–H and O–H groups in total. The maximum absolute atomic E-state index is 9.41. The van der Waals surface area contributed by atoms with E-state index in [-0.39, 0.29) is 5.41 Å². The molecule has 0 aromatic heterocycles. The Labute approximate surface area is 97.0 Å². The van der Waals surface area contributed by atoms with Gasteiger partial charge in [0.1, 0.15) is 0 Å². The van der Waals surface area contributed by atoms with Gasteiger partial charge >= 0.3 is 0 Å². The van der Waals surface area contributed by atoms with Crippen LogP contribution in [-0.4, -0.2) is 20.0 Å². The minimum Gasteiger partial charge on any atom is -0.353 e. The molecule has 2 aliphatic carbocycles. The second kappa shape index (κ2) is 4.20. The van der Waals surface area contributed by atoms with Crippen molar-refractivity contribution in [2.45, 2.75) is 44.3 Å². The number of hydrogen-bond donors (Lipinski definition) is 0. The molecule has 2 aliphatic rings. The average molecular weight is 221 g/mol. The fourth-order valence-corrected chi connectivity index (χ4v) is 2.89. The molecule has 1 saturated carbocycles. The van der Waals surface area contributed by atoms with Crippen LogP contribution in [0, 0.1) is 16.7 Å². The van der Waals surface area contributed by atoms with Crippen molar-refractivity contribution >= 4 is 0 Å². The Bertz CT molecular complexity index is 328. The Balaban J connectivity index is 2.14. The quantitative estimate of drug-likeness (QED) is 0.543. The molecule has 0 spiro atoms. The summed E-state index contributed by atoms with van der Waals surface area (Å²) in [7, 11) is 3.31. The van der Waals surface area contributed by atoms with Gasteiger partial charge in [0.25, 0.3) is 0 Å². The van der Waals surface area contributed by atoms with Crippen LogP contribution in [0.4, 0.5) is 0 Å². The highest BCUT2D eigenvalue weighted by Gasteiger charge is 2.58. The second-order valence-electron chi connectivity index (χ2n) is 4.84. The number of nitrogens with zero attached hydrogens (tertiary/aromatic N) is 1. The van der Waals surface area contributed by atoms with Crippen molar-refractivity contribution in [2.75, 3.05) is 14.2 Å². The predicted octanol–water partition coefficient (Wildman–Crippen LogP) is 2.78. The fourth-order valence-electron chi connectivity index (χ4n) is 2.89. The third-order valence-electron chi connectivity index (χ3n) is 4.01. The molecule has 0 aliphatic heterocycles. The van der Waals surface area contributed by atoms with E-state index in [9.17, 15) is 5.26 Å². The SMILES string of the molecule is COC1(OC)CC(C#N)(C2=CCCCC2)C1. The topological polar surface area (TPSA) is 42.2 Å². The van der Waals surface area contributed by atoms with E-state index in [2.05, 4.69) is 12.1 Å². The normalized spacial score (nSPS) is 26.4. The van der Waals surface area contributed by atoms with E-state index in [1.807, 2.05) is 0 Å². The van der Waals surface area contributed by atoms with Gasteiger partial charge < -0.3 is 9.47 Å². The summed E-state index contributed by atoms with van der Waals surface area (Å²) in [5, 5.41) is 9.41. The van der Waals surface area contributed by atoms with Gasteiger partial charge in [0.15, 0.2) is 5.79 Å². The van der Waals surface area contributed by atoms with Gasteiger partial charge in [-0.15, -0.1) is 0 Å². The Morgan fingerprint density at radius 2 is 1.94 bits per heavy atom. The Morgan fingerprint density at radius 3 is 2.38 bits per heavy atom. The van der Waals surface area contributed by atoms with Crippen molar-refractivity contribution in [3.8, 4) is 6.07 Å². The lowest BCUT2D eigenvalue weighted by Crippen LogP contribution is -2.54. The molecule has 0 bridgehead atoms. The third kappa shape index (κ3) is 1.66. The molecule has 3 nitrogen and oxygen atoms in total. The van der Waals surface area contributed by atoms with E-state index in [0.29, 0.717) is 12.8 Å². The molecule has 0 atom stereocenters. The van der Waals surface area contributed by atoms with Gasteiger partial charge in [-0.1, -0.05) is 11.6 Å². The van der Waals surface area contributed by atoms with Crippen LogP contribution in [0.1, 0.15) is 38.5 Å². The van der Waals surface area contributed by atoms with Crippen molar-refractivity contribution in [1.29, 1.82) is 5.26 Å². The van der Waals surface area contributed by atoms with Crippen LogP contribution in [0.25, 0.3) is 0 Å². The van der Waals surface area contributed by atoms with Crippen LogP contribution in [0.5, 0.6) is 0 Å². The van der Waals surface area contributed by atoms with Crippen molar-refractivity contribution < 1.29 is 9.47 Å². The van der Waals surface area contributed by atoms with Crippen LogP contribution in [-0.2, 0) is 9.47 Å². The summed E-state index contributed by atoms with van der Waals surface area (Å²) in [5.41, 5.74) is 0.998. The van der Waals surface area contributed by atoms with E-state index in [1.54, 1.807) is 14.2 Å². The Kier molecular flexibility index (Phi) is 3.05. The highest BCUT2D eigenvalue weighted by molar-refractivity contribution is 5.31. The summed E-state index contributed by atoms with van der Waals surface area (Å²) in [4.78, 5) is 0. The molecule has 1 fully saturated rings. The first-order chi connectivity index (χ1) is 7.70. The van der Waals surface area contributed by atoms with Crippen molar-refractivity contribution in [3.63, 3.8) is 0 Å². The summed E-state index contributed by atoms with van der Waals surface area (Å²) in [6, 6.07) is 2.48. The Morgan fingerprint density at radius 1 is 1.25 bits per heavy atom. The van der Waals surface area contributed by atoms with Crippen LogP contribution in [0.3, 0.4) is 0 Å². The molecule has 16 heavy (non-hydrogen) atoms. The molecule has 0 aromatic rings. The molecule has 0 saturated heterocycles. The molecule has 3 heteroatoms. The molecule has 2 rings (SSSR count). The molecule has 0 heterocycles. The zero-order valence-corrected chi connectivity index (χ0v) is 10.1. The van der Waals surface area contributed by atoms with Gasteiger partial charge in [0.05, 0.1) is 11.5 Å². The van der Waals surface area contributed by atoms with E-state index in [1.165, 1.54) is 18.4 Å². The molecule has 0 unspecified atom stereocenters. The molecule has 0 amide bonds. The summed E-state index contributed by atoms with van der Waals surface area (Å²) < 4.78 is 10.7. The maximum Gasteiger partial charge on any atom is 0.171 e. The van der Waals surface area contributed by atoms with Gasteiger partial charge in [-0.05, 0) is 25.7 Å². The zero-order valence-electron chi connectivity index (χ0n) is 10.1. The lowest BCUT2D eigenvalue weighted by molar-refractivity contribution is -0.279. The largest absolute Gasteiger partial charge is 0.353 e. The number of hydrogen-bond acceptors (Lipinski definition) is 3. The number of rotatable bonds is 3. The van der Waals surface area contributed by atoms with E-state index >= 15 is 0 Å². The number of nitriles is 1. The number of allylic oxidation sites excluding steroid dienone is 2. The third-order valence-corrected chi connectivity index (χ3v) is 4.01. The van der Waals surface area contributed by atoms with E-state index in [4.69, 9.17) is 9.47 Å². The first-order valence-corrected chi connectivity index (χ1v) is 5.91. The molecule has 0 aromatic carbocycles. The minimum atomic E-state index is -0.520. The zero-order chi connectivity index (χ0) is 11.6. The number of methoxy groups -OCH3 is 2. The van der Waals surface area contributed by atoms with Gasteiger partial charge in [0, 0.05) is 27.1 Å². The van der Waals surface area contributed by atoms with Crippen molar-refractivity contribution in [1.82, 2.24) is 0 Å². The molecular weight excluding hydrogens is 202 g/mol. The lowest BCUT2D eigenvalue weighted by atomic mass is 9.59. The standard InChI is InChI=1S/C13H19NO2/c1-15-13(16-2)8-12(9-13,10-14)11-6-4-3-5-7-11/h6H,3-5,7-9H2,1-2H3. The van der Waals surface area contributed by atoms with E-state index in [0.717, 1.165) is 12.8 Å². The summed E-state index contributed by atoms with van der Waals surface area (Å²) in [6.45, 7) is 0. The highest BCUT2D eigenvalue weighted by Crippen LogP contribution is 2.56. The van der Waals surface area contributed by atoms with Crippen molar-refractivity contribution in [3.05, 3.63) is 11.6 Å². The molecule has 0 radical (unpaired) electrons. The second-order valence-corrected chi connectivity index (χ2v) is 4.84. The van der Waals surface area contributed by atoms with Gasteiger partial charge in [-0.2, -0.15) is 5.26 Å². The number of ether oxygens (including phenoxy) is 2. The monoisotopic (exact) mass is 221 g/mol.